The lowest BCUT2D eigenvalue weighted by atomic mass is 10.2. The van der Waals surface area contributed by atoms with Crippen LogP contribution in [0.4, 0.5) is 19.0 Å². The Kier molecular flexibility index (Phi) is 5.06. The Morgan fingerprint density at radius 1 is 1.07 bits per heavy atom. The molecule has 0 amide bonds. The Hall–Kier alpha value is -3.56. The molecule has 0 N–H and O–H groups in total. The highest BCUT2D eigenvalue weighted by atomic mass is 19.4. The van der Waals surface area contributed by atoms with Gasteiger partial charge >= 0.3 is 11.9 Å². The van der Waals surface area contributed by atoms with Gasteiger partial charge in [0.05, 0.1) is 11.8 Å². The number of likely N-dealkylation sites (N-methyl/N-ethyl adjacent to an activating group) is 1. The van der Waals surface area contributed by atoms with Crippen molar-refractivity contribution in [1.29, 1.82) is 0 Å². The first-order chi connectivity index (χ1) is 14.3. The highest BCUT2D eigenvalue weighted by Crippen LogP contribution is 2.32. The molecule has 0 radical (unpaired) electrons. The fraction of sp³-hybridized carbons (Fsp3) is 0.250. The van der Waals surface area contributed by atoms with Gasteiger partial charge in [-0.25, -0.2) is 4.79 Å². The molecule has 3 heterocycles. The third kappa shape index (κ3) is 4.22. The van der Waals surface area contributed by atoms with Crippen molar-refractivity contribution in [2.24, 2.45) is 0 Å². The average molecular weight is 418 g/mol. The SMILES string of the molecule is CN1CCn2c1cc(OCc1ccc(Oc3cncc(C(F)(F)F)c3)cc1)nc2=O. The van der Waals surface area contributed by atoms with Gasteiger partial charge in [-0.2, -0.15) is 18.2 Å². The molecule has 30 heavy (non-hydrogen) atoms. The molecule has 0 unspecified atom stereocenters. The van der Waals surface area contributed by atoms with Crippen molar-refractivity contribution in [1.82, 2.24) is 14.5 Å². The standard InChI is InChI=1S/C20H17F3N4O3/c1-26-6-7-27-18(26)9-17(25-19(27)28)29-12-13-2-4-15(5-3-13)30-16-8-14(10-24-11-16)20(21,22)23/h2-5,8-11H,6-7,12H2,1H3. The van der Waals surface area contributed by atoms with Crippen LogP contribution in [0, 0.1) is 0 Å². The summed E-state index contributed by atoms with van der Waals surface area (Å²) in [4.78, 5) is 21.5. The molecule has 156 valence electrons. The molecule has 1 aromatic carbocycles. The van der Waals surface area contributed by atoms with E-state index >= 15 is 0 Å². The van der Waals surface area contributed by atoms with Crippen LogP contribution in [0.15, 0.2) is 53.6 Å². The molecule has 0 fully saturated rings. The van der Waals surface area contributed by atoms with Crippen molar-refractivity contribution in [3.8, 4) is 17.4 Å². The minimum absolute atomic E-state index is 0.0132. The van der Waals surface area contributed by atoms with Gasteiger partial charge in [-0.05, 0) is 23.8 Å². The summed E-state index contributed by atoms with van der Waals surface area (Å²) in [5.74, 6) is 1.33. The first kappa shape index (κ1) is 19.7. The number of ether oxygens (including phenoxy) is 2. The van der Waals surface area contributed by atoms with E-state index in [1.165, 1.54) is 6.20 Å². The van der Waals surface area contributed by atoms with Crippen LogP contribution >= 0.6 is 0 Å². The highest BCUT2D eigenvalue weighted by molar-refractivity contribution is 5.44. The largest absolute Gasteiger partial charge is 0.473 e. The molecular formula is C20H17F3N4O3. The maximum absolute atomic E-state index is 12.8. The summed E-state index contributed by atoms with van der Waals surface area (Å²) in [5, 5.41) is 0. The van der Waals surface area contributed by atoms with Gasteiger partial charge in [0.25, 0.3) is 0 Å². The number of pyridine rings is 1. The number of benzene rings is 1. The predicted octanol–water partition coefficient (Wildman–Crippen LogP) is 3.48. The van der Waals surface area contributed by atoms with E-state index in [-0.39, 0.29) is 23.9 Å². The molecule has 0 aliphatic carbocycles. The van der Waals surface area contributed by atoms with Crippen LogP contribution in [-0.4, -0.2) is 28.1 Å². The molecule has 1 aliphatic heterocycles. The van der Waals surface area contributed by atoms with Gasteiger partial charge in [-0.3, -0.25) is 9.55 Å². The fourth-order valence-corrected chi connectivity index (χ4v) is 3.01. The number of nitrogens with zero attached hydrogens (tertiary/aromatic N) is 4. The van der Waals surface area contributed by atoms with Gasteiger partial charge < -0.3 is 14.4 Å². The van der Waals surface area contributed by atoms with E-state index in [9.17, 15) is 18.0 Å². The van der Waals surface area contributed by atoms with Gasteiger partial charge in [0.1, 0.15) is 23.9 Å². The van der Waals surface area contributed by atoms with Crippen LogP contribution in [0.3, 0.4) is 0 Å². The summed E-state index contributed by atoms with van der Waals surface area (Å²) in [6.07, 6.45) is -2.54. The van der Waals surface area contributed by atoms with Crippen molar-refractivity contribution in [2.45, 2.75) is 19.3 Å². The Bertz CT molecular complexity index is 1110. The third-order valence-electron chi connectivity index (χ3n) is 4.60. The van der Waals surface area contributed by atoms with Gasteiger partial charge in [0.2, 0.25) is 5.88 Å². The van der Waals surface area contributed by atoms with E-state index in [0.29, 0.717) is 12.3 Å². The molecule has 3 aromatic rings. The van der Waals surface area contributed by atoms with E-state index in [1.807, 2.05) is 11.9 Å². The molecule has 1 aliphatic rings. The molecule has 0 saturated carbocycles. The maximum atomic E-state index is 12.8. The number of hydrogen-bond donors (Lipinski definition) is 0. The zero-order chi connectivity index (χ0) is 21.3. The quantitative estimate of drug-likeness (QED) is 0.632. The topological polar surface area (TPSA) is 69.5 Å². The number of alkyl halides is 3. The van der Waals surface area contributed by atoms with Crippen LogP contribution in [0.5, 0.6) is 17.4 Å². The Morgan fingerprint density at radius 3 is 2.57 bits per heavy atom. The van der Waals surface area contributed by atoms with E-state index in [1.54, 1.807) is 34.9 Å². The average Bonchev–Trinajstić information content (AvgIpc) is 3.08. The summed E-state index contributed by atoms with van der Waals surface area (Å²) in [6, 6.07) is 9.24. The fourth-order valence-electron chi connectivity index (χ4n) is 3.01. The second-order valence-electron chi connectivity index (χ2n) is 6.75. The molecule has 0 saturated heterocycles. The summed E-state index contributed by atoms with van der Waals surface area (Å²) in [5.41, 5.74) is -0.459. The van der Waals surface area contributed by atoms with Crippen molar-refractivity contribution in [3.63, 3.8) is 0 Å². The summed E-state index contributed by atoms with van der Waals surface area (Å²) in [6.45, 7) is 1.51. The first-order valence-corrected chi connectivity index (χ1v) is 9.04. The lowest BCUT2D eigenvalue weighted by molar-refractivity contribution is -0.137. The second kappa shape index (κ2) is 7.69. The van der Waals surface area contributed by atoms with Crippen LogP contribution in [0.2, 0.25) is 0 Å². The second-order valence-corrected chi connectivity index (χ2v) is 6.75. The van der Waals surface area contributed by atoms with Gasteiger partial charge in [0, 0.05) is 32.4 Å². The van der Waals surface area contributed by atoms with E-state index in [0.717, 1.165) is 30.2 Å². The van der Waals surface area contributed by atoms with Crippen LogP contribution in [0.1, 0.15) is 11.1 Å². The van der Waals surface area contributed by atoms with Crippen LogP contribution in [0.25, 0.3) is 0 Å². The summed E-state index contributed by atoms with van der Waals surface area (Å²) >= 11 is 0. The minimum atomic E-state index is -4.49. The Labute approximate surface area is 169 Å². The normalized spacial score (nSPS) is 13.3. The van der Waals surface area contributed by atoms with Crippen LogP contribution in [-0.2, 0) is 19.3 Å². The predicted molar refractivity (Wildman–Crippen MR) is 102 cm³/mol. The first-order valence-electron chi connectivity index (χ1n) is 9.04. The Balaban J connectivity index is 1.41. The number of halogens is 3. The molecule has 0 bridgehead atoms. The maximum Gasteiger partial charge on any atom is 0.418 e. The molecule has 7 nitrogen and oxygen atoms in total. The van der Waals surface area contributed by atoms with Crippen LogP contribution < -0.4 is 20.1 Å². The monoisotopic (exact) mass is 418 g/mol. The van der Waals surface area contributed by atoms with Crippen molar-refractivity contribution in [3.05, 3.63) is 70.4 Å². The number of fused-ring (bicyclic) bond motifs is 1. The third-order valence-corrected chi connectivity index (χ3v) is 4.60. The zero-order valence-electron chi connectivity index (χ0n) is 15.9. The van der Waals surface area contributed by atoms with Crippen molar-refractivity contribution >= 4 is 5.82 Å². The number of aromatic nitrogens is 3. The van der Waals surface area contributed by atoms with E-state index in [2.05, 4.69) is 9.97 Å². The molecule has 0 spiro atoms. The van der Waals surface area contributed by atoms with Crippen molar-refractivity contribution in [2.75, 3.05) is 18.5 Å². The number of anilines is 1. The highest BCUT2D eigenvalue weighted by Gasteiger charge is 2.31. The van der Waals surface area contributed by atoms with Crippen molar-refractivity contribution < 1.29 is 22.6 Å². The smallest absolute Gasteiger partial charge is 0.418 e. The zero-order valence-corrected chi connectivity index (χ0v) is 15.9. The molecule has 10 heteroatoms. The molecule has 0 atom stereocenters. The lowest BCUT2D eigenvalue weighted by Crippen LogP contribution is -2.22. The Morgan fingerprint density at radius 2 is 1.83 bits per heavy atom. The van der Waals surface area contributed by atoms with E-state index < -0.39 is 11.7 Å². The number of rotatable bonds is 5. The van der Waals surface area contributed by atoms with Gasteiger partial charge in [-0.1, -0.05) is 12.1 Å². The lowest BCUT2D eigenvalue weighted by Gasteiger charge is -2.12. The van der Waals surface area contributed by atoms with Gasteiger partial charge in [0.15, 0.2) is 0 Å². The van der Waals surface area contributed by atoms with Gasteiger partial charge in [-0.15, -0.1) is 0 Å². The summed E-state index contributed by atoms with van der Waals surface area (Å²) in [7, 11) is 1.89. The molecule has 2 aromatic heterocycles. The number of hydrogen-bond acceptors (Lipinski definition) is 6. The van der Waals surface area contributed by atoms with E-state index in [4.69, 9.17) is 9.47 Å². The molecular weight excluding hydrogens is 401 g/mol. The summed E-state index contributed by atoms with van der Waals surface area (Å²) < 4.78 is 51.0. The molecule has 4 rings (SSSR count). The minimum Gasteiger partial charge on any atom is -0.473 e.